The molecule has 16 heavy (non-hydrogen) atoms. The van der Waals surface area contributed by atoms with Crippen LogP contribution in [0.3, 0.4) is 0 Å². The summed E-state index contributed by atoms with van der Waals surface area (Å²) in [6.45, 7) is 7.03. The maximum atomic E-state index is 5.49. The van der Waals surface area contributed by atoms with E-state index in [1.807, 2.05) is 6.92 Å². The van der Waals surface area contributed by atoms with Gasteiger partial charge in [0.1, 0.15) is 5.76 Å². The predicted molar refractivity (Wildman–Crippen MR) is 63.4 cm³/mol. The summed E-state index contributed by atoms with van der Waals surface area (Å²) in [6.07, 6.45) is 4.08. The summed E-state index contributed by atoms with van der Waals surface area (Å²) < 4.78 is 10.9. The molecular weight excluding hydrogens is 202 g/mol. The van der Waals surface area contributed by atoms with Gasteiger partial charge in [0.15, 0.2) is 0 Å². The van der Waals surface area contributed by atoms with Gasteiger partial charge in [-0.3, -0.25) is 0 Å². The second kappa shape index (κ2) is 5.51. The number of aryl methyl sites for hydroxylation is 1. The Morgan fingerprint density at radius 3 is 3.00 bits per heavy atom. The Hall–Kier alpha value is -0.800. The Bertz CT molecular complexity index is 315. The van der Waals surface area contributed by atoms with Crippen LogP contribution in [0.4, 0.5) is 0 Å². The van der Waals surface area contributed by atoms with E-state index in [2.05, 4.69) is 18.3 Å². The van der Waals surface area contributed by atoms with Crippen LogP contribution >= 0.6 is 0 Å². The zero-order chi connectivity index (χ0) is 11.4. The lowest BCUT2D eigenvalue weighted by atomic mass is 9.92. The van der Waals surface area contributed by atoms with Gasteiger partial charge in [-0.25, -0.2) is 0 Å². The molecule has 0 spiro atoms. The van der Waals surface area contributed by atoms with Crippen molar-refractivity contribution in [1.82, 2.24) is 5.32 Å². The highest BCUT2D eigenvalue weighted by Crippen LogP contribution is 2.31. The van der Waals surface area contributed by atoms with Gasteiger partial charge in [-0.05, 0) is 32.4 Å². The number of hydrogen-bond acceptors (Lipinski definition) is 3. The average Bonchev–Trinajstić information content (AvgIpc) is 2.91. The van der Waals surface area contributed by atoms with E-state index < -0.39 is 0 Å². The molecule has 2 unspecified atom stereocenters. The fourth-order valence-electron chi connectivity index (χ4n) is 2.36. The molecular formula is C13H21NO2. The maximum absolute atomic E-state index is 5.49. The van der Waals surface area contributed by atoms with Crippen molar-refractivity contribution in [2.45, 2.75) is 32.7 Å². The Kier molecular flexibility index (Phi) is 4.02. The summed E-state index contributed by atoms with van der Waals surface area (Å²) in [5.41, 5.74) is 1.30. The lowest BCUT2D eigenvalue weighted by Crippen LogP contribution is -2.29. The molecule has 1 saturated heterocycles. The molecule has 3 nitrogen and oxygen atoms in total. The van der Waals surface area contributed by atoms with Crippen LogP contribution in [0.2, 0.25) is 0 Å². The average molecular weight is 223 g/mol. The quantitative estimate of drug-likeness (QED) is 0.833. The van der Waals surface area contributed by atoms with E-state index in [1.165, 1.54) is 5.56 Å². The maximum Gasteiger partial charge on any atom is 0.105 e. The van der Waals surface area contributed by atoms with E-state index in [9.17, 15) is 0 Å². The van der Waals surface area contributed by atoms with E-state index >= 15 is 0 Å². The second-order valence-corrected chi connectivity index (χ2v) is 4.49. The molecule has 0 aliphatic carbocycles. The molecule has 2 rings (SSSR count). The van der Waals surface area contributed by atoms with Crippen molar-refractivity contribution >= 4 is 0 Å². The van der Waals surface area contributed by atoms with Gasteiger partial charge in [0, 0.05) is 24.1 Å². The largest absolute Gasteiger partial charge is 0.469 e. The Balaban J connectivity index is 2.10. The minimum atomic E-state index is 0.390. The molecule has 0 saturated carbocycles. The van der Waals surface area contributed by atoms with Crippen LogP contribution in [-0.4, -0.2) is 19.8 Å². The standard InChI is InChI=1S/C13H21NO2/c1-3-6-14-13(11-4-7-15-9-11)12-5-8-16-10(12)2/h5,8,11,13-14H,3-4,6-7,9H2,1-2H3. The molecule has 2 heterocycles. The lowest BCUT2D eigenvalue weighted by Gasteiger charge is -2.23. The van der Waals surface area contributed by atoms with E-state index in [4.69, 9.17) is 9.15 Å². The Morgan fingerprint density at radius 2 is 2.44 bits per heavy atom. The normalized spacial score (nSPS) is 22.5. The number of rotatable bonds is 5. The summed E-state index contributed by atoms with van der Waals surface area (Å²) in [6, 6.07) is 2.47. The summed E-state index contributed by atoms with van der Waals surface area (Å²) in [5.74, 6) is 1.61. The molecule has 1 aromatic rings. The third kappa shape index (κ3) is 2.47. The summed E-state index contributed by atoms with van der Waals surface area (Å²) in [4.78, 5) is 0. The molecule has 1 aliphatic rings. The Labute approximate surface area is 97.2 Å². The van der Waals surface area contributed by atoms with Crippen molar-refractivity contribution in [1.29, 1.82) is 0 Å². The molecule has 1 N–H and O–H groups in total. The first-order chi connectivity index (χ1) is 7.83. The number of hydrogen-bond donors (Lipinski definition) is 1. The highest BCUT2D eigenvalue weighted by molar-refractivity contribution is 5.21. The van der Waals surface area contributed by atoms with Gasteiger partial charge in [-0.1, -0.05) is 6.92 Å². The lowest BCUT2D eigenvalue weighted by molar-refractivity contribution is 0.176. The second-order valence-electron chi connectivity index (χ2n) is 4.49. The topological polar surface area (TPSA) is 34.4 Å². The van der Waals surface area contributed by atoms with Crippen molar-refractivity contribution in [3.63, 3.8) is 0 Å². The van der Waals surface area contributed by atoms with Gasteiger partial charge >= 0.3 is 0 Å². The van der Waals surface area contributed by atoms with Gasteiger partial charge in [-0.15, -0.1) is 0 Å². The predicted octanol–water partition coefficient (Wildman–Crippen LogP) is 2.67. The van der Waals surface area contributed by atoms with Crippen LogP contribution in [0, 0.1) is 12.8 Å². The molecule has 0 radical (unpaired) electrons. The molecule has 0 bridgehead atoms. The zero-order valence-corrected chi connectivity index (χ0v) is 10.2. The van der Waals surface area contributed by atoms with Gasteiger partial charge in [-0.2, -0.15) is 0 Å². The van der Waals surface area contributed by atoms with Crippen LogP contribution in [0.1, 0.15) is 37.1 Å². The van der Waals surface area contributed by atoms with Crippen molar-refractivity contribution in [2.75, 3.05) is 19.8 Å². The monoisotopic (exact) mass is 223 g/mol. The minimum absolute atomic E-state index is 0.390. The van der Waals surface area contributed by atoms with E-state index in [-0.39, 0.29) is 0 Å². The van der Waals surface area contributed by atoms with Gasteiger partial charge in [0.25, 0.3) is 0 Å². The zero-order valence-electron chi connectivity index (χ0n) is 10.2. The summed E-state index contributed by atoms with van der Waals surface area (Å²) >= 11 is 0. The molecule has 0 aromatic carbocycles. The van der Waals surface area contributed by atoms with Crippen LogP contribution in [0.5, 0.6) is 0 Å². The van der Waals surface area contributed by atoms with Gasteiger partial charge in [0.05, 0.1) is 12.9 Å². The van der Waals surface area contributed by atoms with E-state index in [1.54, 1.807) is 6.26 Å². The minimum Gasteiger partial charge on any atom is -0.469 e. The van der Waals surface area contributed by atoms with Gasteiger partial charge < -0.3 is 14.5 Å². The smallest absolute Gasteiger partial charge is 0.105 e. The van der Waals surface area contributed by atoms with Crippen molar-refractivity contribution in [2.24, 2.45) is 5.92 Å². The molecule has 3 heteroatoms. The Morgan fingerprint density at radius 1 is 1.56 bits per heavy atom. The molecule has 0 amide bonds. The van der Waals surface area contributed by atoms with Crippen LogP contribution in [0.15, 0.2) is 16.7 Å². The summed E-state index contributed by atoms with van der Waals surface area (Å²) in [7, 11) is 0. The van der Waals surface area contributed by atoms with E-state index in [0.29, 0.717) is 12.0 Å². The molecule has 90 valence electrons. The molecule has 2 atom stereocenters. The van der Waals surface area contributed by atoms with Crippen molar-refractivity contribution in [3.8, 4) is 0 Å². The number of nitrogens with one attached hydrogen (secondary N) is 1. The third-order valence-corrected chi connectivity index (χ3v) is 3.28. The molecule has 1 fully saturated rings. The fourth-order valence-corrected chi connectivity index (χ4v) is 2.36. The first-order valence-corrected chi connectivity index (χ1v) is 6.18. The van der Waals surface area contributed by atoms with Gasteiger partial charge in [0.2, 0.25) is 0 Å². The SMILES string of the molecule is CCCNC(c1ccoc1C)C1CCOC1. The molecule has 1 aliphatic heterocycles. The first kappa shape index (κ1) is 11.7. The third-order valence-electron chi connectivity index (χ3n) is 3.28. The first-order valence-electron chi connectivity index (χ1n) is 6.18. The number of ether oxygens (including phenoxy) is 1. The number of furan rings is 1. The van der Waals surface area contributed by atoms with E-state index in [0.717, 1.165) is 38.4 Å². The van der Waals surface area contributed by atoms with Crippen LogP contribution in [-0.2, 0) is 4.74 Å². The molecule has 1 aromatic heterocycles. The van der Waals surface area contributed by atoms with Crippen LogP contribution in [0.25, 0.3) is 0 Å². The van der Waals surface area contributed by atoms with Crippen molar-refractivity contribution < 1.29 is 9.15 Å². The van der Waals surface area contributed by atoms with Crippen molar-refractivity contribution in [3.05, 3.63) is 23.7 Å². The highest BCUT2D eigenvalue weighted by Gasteiger charge is 2.28. The highest BCUT2D eigenvalue weighted by atomic mass is 16.5. The summed E-state index contributed by atoms with van der Waals surface area (Å²) in [5, 5.41) is 3.61. The fraction of sp³-hybridized carbons (Fsp3) is 0.692. The van der Waals surface area contributed by atoms with Crippen LogP contribution < -0.4 is 5.32 Å².